The Hall–Kier alpha value is -1.26. The van der Waals surface area contributed by atoms with Crippen LogP contribution >= 0.6 is 11.6 Å². The highest BCUT2D eigenvalue weighted by atomic mass is 35.5. The van der Waals surface area contributed by atoms with Gasteiger partial charge in [-0.05, 0) is 11.6 Å². The van der Waals surface area contributed by atoms with Gasteiger partial charge in [-0.1, -0.05) is 29.8 Å². The molecule has 1 fully saturated rings. The van der Waals surface area contributed by atoms with Crippen LogP contribution in [0.25, 0.3) is 0 Å². The third-order valence-electron chi connectivity index (χ3n) is 3.03. The first-order chi connectivity index (χ1) is 8.13. The normalized spacial score (nSPS) is 23.9. The maximum absolute atomic E-state index is 11.4. The predicted octanol–water partition coefficient (Wildman–Crippen LogP) is 1.69. The van der Waals surface area contributed by atoms with Crippen LogP contribution in [0.5, 0.6) is 0 Å². The molecule has 0 aromatic heterocycles. The second-order valence-corrected chi connectivity index (χ2v) is 4.49. The number of likely N-dealkylation sites (N-methyl/N-ethyl adjacent to an activating group) is 1. The quantitative estimate of drug-likeness (QED) is 0.894. The Kier molecular flexibility index (Phi) is 3.54. The van der Waals surface area contributed by atoms with E-state index in [0.717, 1.165) is 5.56 Å². The Balaban J connectivity index is 2.14. The second kappa shape index (κ2) is 4.94. The van der Waals surface area contributed by atoms with Gasteiger partial charge in [0.25, 0.3) is 0 Å². The van der Waals surface area contributed by atoms with E-state index in [-0.39, 0.29) is 18.8 Å². The molecule has 1 aromatic rings. The molecule has 0 radical (unpaired) electrons. The average molecular weight is 256 g/mol. The van der Waals surface area contributed by atoms with Gasteiger partial charge < -0.3 is 14.7 Å². The summed E-state index contributed by atoms with van der Waals surface area (Å²) in [7, 11) is 1.62. The first kappa shape index (κ1) is 12.2. The highest BCUT2D eigenvalue weighted by molar-refractivity contribution is 6.31. The van der Waals surface area contributed by atoms with Gasteiger partial charge in [0.2, 0.25) is 0 Å². The zero-order valence-electron chi connectivity index (χ0n) is 9.47. The largest absolute Gasteiger partial charge is 0.443 e. The summed E-state index contributed by atoms with van der Waals surface area (Å²) in [5.41, 5.74) is 0.917. The molecule has 0 bridgehead atoms. The lowest BCUT2D eigenvalue weighted by Gasteiger charge is -2.19. The van der Waals surface area contributed by atoms with Gasteiger partial charge in [-0.3, -0.25) is 0 Å². The van der Waals surface area contributed by atoms with Crippen LogP contribution in [0.15, 0.2) is 24.3 Å². The number of cyclic esters (lactones) is 1. The molecule has 1 saturated heterocycles. The smallest absolute Gasteiger partial charge is 0.410 e. The van der Waals surface area contributed by atoms with Gasteiger partial charge in [0.05, 0.1) is 12.6 Å². The number of hydrogen-bond acceptors (Lipinski definition) is 3. The predicted molar refractivity (Wildman–Crippen MR) is 64.1 cm³/mol. The number of aliphatic hydroxyl groups excluding tert-OH is 1. The molecule has 1 aliphatic heterocycles. The maximum atomic E-state index is 11.4. The molecule has 92 valence electrons. The van der Waals surface area contributed by atoms with E-state index in [1.807, 2.05) is 18.2 Å². The Morgan fingerprint density at radius 3 is 2.82 bits per heavy atom. The summed E-state index contributed by atoms with van der Waals surface area (Å²) >= 11 is 6.05. The molecule has 0 spiro atoms. The third kappa shape index (κ3) is 2.37. The molecule has 1 N–H and O–H groups in total. The van der Waals surface area contributed by atoms with Gasteiger partial charge in [0.15, 0.2) is 0 Å². The van der Waals surface area contributed by atoms with Gasteiger partial charge in [0, 0.05) is 18.5 Å². The fourth-order valence-electron chi connectivity index (χ4n) is 1.97. The summed E-state index contributed by atoms with van der Waals surface area (Å²) in [5.74, 6) is 0. The molecule has 1 amide bonds. The lowest BCUT2D eigenvalue weighted by molar-refractivity contribution is 0.118. The molecule has 17 heavy (non-hydrogen) atoms. The minimum absolute atomic E-state index is 0.114. The van der Waals surface area contributed by atoms with Gasteiger partial charge in [-0.2, -0.15) is 0 Å². The van der Waals surface area contributed by atoms with Crippen molar-refractivity contribution in [3.63, 3.8) is 0 Å². The maximum Gasteiger partial charge on any atom is 0.410 e. The average Bonchev–Trinajstić information content (AvgIpc) is 2.58. The summed E-state index contributed by atoms with van der Waals surface area (Å²) in [6, 6.07) is 7.12. The van der Waals surface area contributed by atoms with Crippen LogP contribution in [0.3, 0.4) is 0 Å². The molecule has 5 heteroatoms. The van der Waals surface area contributed by atoms with Gasteiger partial charge in [-0.25, -0.2) is 4.79 Å². The van der Waals surface area contributed by atoms with Crippen molar-refractivity contribution in [1.82, 2.24) is 4.90 Å². The molecular weight excluding hydrogens is 242 g/mol. The van der Waals surface area contributed by atoms with Crippen LogP contribution in [-0.4, -0.2) is 41.9 Å². The third-order valence-corrected chi connectivity index (χ3v) is 3.40. The van der Waals surface area contributed by atoms with E-state index in [1.54, 1.807) is 13.1 Å². The highest BCUT2D eigenvalue weighted by Gasteiger charge is 2.38. The highest BCUT2D eigenvalue weighted by Crippen LogP contribution is 2.24. The molecule has 0 aliphatic carbocycles. The number of carbonyl (C=O) groups excluding carboxylic acids is 1. The summed E-state index contributed by atoms with van der Waals surface area (Å²) in [6.45, 7) is -0.114. The Bertz CT molecular complexity index is 424. The van der Waals surface area contributed by atoms with Crippen LogP contribution < -0.4 is 0 Å². The van der Waals surface area contributed by atoms with Crippen molar-refractivity contribution in [2.75, 3.05) is 13.7 Å². The zero-order valence-corrected chi connectivity index (χ0v) is 10.2. The summed E-state index contributed by atoms with van der Waals surface area (Å²) in [4.78, 5) is 12.8. The summed E-state index contributed by atoms with van der Waals surface area (Å²) in [6.07, 6.45) is -0.237. The van der Waals surface area contributed by atoms with Crippen LogP contribution in [-0.2, 0) is 11.2 Å². The number of benzene rings is 1. The zero-order chi connectivity index (χ0) is 12.4. The number of nitrogens with zero attached hydrogens (tertiary/aromatic N) is 1. The molecule has 0 saturated carbocycles. The van der Waals surface area contributed by atoms with E-state index in [9.17, 15) is 9.90 Å². The van der Waals surface area contributed by atoms with Crippen LogP contribution in [0.4, 0.5) is 4.79 Å². The SMILES string of the molecule is CN1C(=O)OC(Cc2ccccc2Cl)C1CO. The number of amides is 1. The lowest BCUT2D eigenvalue weighted by Crippen LogP contribution is -2.37. The minimum atomic E-state index is -0.402. The number of rotatable bonds is 3. The number of aliphatic hydroxyl groups is 1. The Morgan fingerprint density at radius 2 is 2.18 bits per heavy atom. The monoisotopic (exact) mass is 255 g/mol. The fraction of sp³-hybridized carbons (Fsp3) is 0.417. The van der Waals surface area contributed by atoms with E-state index in [1.165, 1.54) is 4.90 Å². The molecule has 2 atom stereocenters. The van der Waals surface area contributed by atoms with Crippen LogP contribution in [0.2, 0.25) is 5.02 Å². The lowest BCUT2D eigenvalue weighted by atomic mass is 10.0. The number of hydrogen-bond donors (Lipinski definition) is 1. The van der Waals surface area contributed by atoms with Crippen molar-refractivity contribution in [1.29, 1.82) is 0 Å². The Labute approximate surface area is 105 Å². The molecule has 4 nitrogen and oxygen atoms in total. The summed E-state index contributed by atoms with van der Waals surface area (Å²) in [5, 5.41) is 9.91. The molecule has 2 unspecified atom stereocenters. The summed E-state index contributed by atoms with van der Waals surface area (Å²) < 4.78 is 5.20. The van der Waals surface area contributed by atoms with Crippen molar-refractivity contribution < 1.29 is 14.6 Å². The van der Waals surface area contributed by atoms with E-state index in [2.05, 4.69) is 0 Å². The topological polar surface area (TPSA) is 49.8 Å². The van der Waals surface area contributed by atoms with Crippen LogP contribution in [0, 0.1) is 0 Å². The van der Waals surface area contributed by atoms with Crippen molar-refractivity contribution >= 4 is 17.7 Å². The molecule has 2 rings (SSSR count). The van der Waals surface area contributed by atoms with E-state index >= 15 is 0 Å². The Morgan fingerprint density at radius 1 is 1.47 bits per heavy atom. The second-order valence-electron chi connectivity index (χ2n) is 4.08. The van der Waals surface area contributed by atoms with Gasteiger partial charge >= 0.3 is 6.09 Å². The number of carbonyl (C=O) groups is 1. The van der Waals surface area contributed by atoms with Crippen molar-refractivity contribution in [3.8, 4) is 0 Å². The van der Waals surface area contributed by atoms with E-state index in [0.29, 0.717) is 11.4 Å². The molecule has 1 heterocycles. The van der Waals surface area contributed by atoms with Gasteiger partial charge in [-0.15, -0.1) is 0 Å². The van der Waals surface area contributed by atoms with Crippen molar-refractivity contribution in [3.05, 3.63) is 34.9 Å². The van der Waals surface area contributed by atoms with E-state index in [4.69, 9.17) is 16.3 Å². The molecule has 1 aliphatic rings. The first-order valence-electron chi connectivity index (χ1n) is 5.41. The number of ether oxygens (including phenoxy) is 1. The molecule has 1 aromatic carbocycles. The fourth-order valence-corrected chi connectivity index (χ4v) is 2.19. The minimum Gasteiger partial charge on any atom is -0.443 e. The number of halogens is 1. The van der Waals surface area contributed by atoms with Crippen molar-refractivity contribution in [2.45, 2.75) is 18.6 Å². The van der Waals surface area contributed by atoms with Gasteiger partial charge in [0.1, 0.15) is 6.10 Å². The standard InChI is InChI=1S/C12H14ClNO3/c1-14-10(7-15)11(17-12(14)16)6-8-4-2-3-5-9(8)13/h2-5,10-11,15H,6-7H2,1H3. The molecular formula is C12H14ClNO3. The first-order valence-corrected chi connectivity index (χ1v) is 5.79. The van der Waals surface area contributed by atoms with Crippen LogP contribution in [0.1, 0.15) is 5.56 Å². The van der Waals surface area contributed by atoms with Crippen molar-refractivity contribution in [2.24, 2.45) is 0 Å². The van der Waals surface area contributed by atoms with E-state index < -0.39 is 6.09 Å².